The van der Waals surface area contributed by atoms with Gasteiger partial charge < -0.3 is 5.73 Å². The summed E-state index contributed by atoms with van der Waals surface area (Å²) in [6.07, 6.45) is 5.66. The number of unbranched alkanes of at least 4 members (excludes halogenated alkanes) is 1. The maximum Gasteiger partial charge on any atom is 0.0192 e. The molecular weight excluding hydrogens is 206 g/mol. The lowest BCUT2D eigenvalue weighted by Gasteiger charge is -2.29. The monoisotopic (exact) mass is 233 g/mol. The highest BCUT2D eigenvalue weighted by Crippen LogP contribution is 2.23. The Morgan fingerprint density at radius 1 is 1.18 bits per heavy atom. The van der Waals surface area contributed by atoms with Crippen LogP contribution in [0, 0.1) is 13.8 Å². The molecule has 1 unspecified atom stereocenters. The number of rotatable bonds is 6. The van der Waals surface area contributed by atoms with Crippen LogP contribution in [-0.4, -0.2) is 5.54 Å². The van der Waals surface area contributed by atoms with Crippen molar-refractivity contribution in [3.05, 3.63) is 34.9 Å². The van der Waals surface area contributed by atoms with Gasteiger partial charge in [-0.15, -0.1) is 0 Å². The van der Waals surface area contributed by atoms with E-state index in [0.717, 1.165) is 19.3 Å². The van der Waals surface area contributed by atoms with Crippen LogP contribution in [0.1, 0.15) is 56.2 Å². The zero-order chi connectivity index (χ0) is 12.9. The van der Waals surface area contributed by atoms with Gasteiger partial charge in [-0.2, -0.15) is 0 Å². The van der Waals surface area contributed by atoms with Gasteiger partial charge in [0.25, 0.3) is 0 Å². The van der Waals surface area contributed by atoms with Gasteiger partial charge >= 0.3 is 0 Å². The first kappa shape index (κ1) is 14.2. The molecule has 1 aromatic carbocycles. The zero-order valence-corrected chi connectivity index (χ0v) is 11.8. The van der Waals surface area contributed by atoms with E-state index in [9.17, 15) is 0 Å². The van der Waals surface area contributed by atoms with Crippen LogP contribution in [0.3, 0.4) is 0 Å². The van der Waals surface area contributed by atoms with Gasteiger partial charge in [0, 0.05) is 5.54 Å². The van der Waals surface area contributed by atoms with Gasteiger partial charge in [0.1, 0.15) is 0 Å². The van der Waals surface area contributed by atoms with E-state index in [4.69, 9.17) is 5.73 Å². The number of hydrogen-bond acceptors (Lipinski definition) is 1. The molecule has 1 nitrogen and oxygen atoms in total. The second-order valence-electron chi connectivity index (χ2n) is 5.43. The van der Waals surface area contributed by atoms with Crippen molar-refractivity contribution >= 4 is 0 Å². The summed E-state index contributed by atoms with van der Waals surface area (Å²) < 4.78 is 0. The summed E-state index contributed by atoms with van der Waals surface area (Å²) in [7, 11) is 0. The molecule has 0 aliphatic heterocycles. The lowest BCUT2D eigenvalue weighted by molar-refractivity contribution is 0.364. The maximum absolute atomic E-state index is 6.53. The number of benzene rings is 1. The first-order valence-electron chi connectivity index (χ1n) is 6.86. The third-order valence-electron chi connectivity index (χ3n) is 3.78. The quantitative estimate of drug-likeness (QED) is 0.785. The van der Waals surface area contributed by atoms with Gasteiger partial charge in [0.2, 0.25) is 0 Å². The van der Waals surface area contributed by atoms with Crippen molar-refractivity contribution in [1.29, 1.82) is 0 Å². The summed E-state index contributed by atoms with van der Waals surface area (Å²) in [6, 6.07) is 6.67. The first-order valence-corrected chi connectivity index (χ1v) is 6.86. The van der Waals surface area contributed by atoms with E-state index in [0.29, 0.717) is 0 Å². The Bertz CT molecular complexity index is 357. The molecule has 0 aliphatic rings. The predicted octanol–water partition coefficient (Wildman–Crippen LogP) is 4.14. The van der Waals surface area contributed by atoms with Gasteiger partial charge in [0.05, 0.1) is 0 Å². The van der Waals surface area contributed by atoms with Crippen molar-refractivity contribution in [1.82, 2.24) is 0 Å². The van der Waals surface area contributed by atoms with Crippen molar-refractivity contribution < 1.29 is 0 Å². The minimum atomic E-state index is -0.0193. The molecular formula is C16H27N. The summed E-state index contributed by atoms with van der Waals surface area (Å²) in [4.78, 5) is 0. The van der Waals surface area contributed by atoms with E-state index in [-0.39, 0.29) is 5.54 Å². The molecule has 0 fully saturated rings. The Morgan fingerprint density at radius 3 is 2.47 bits per heavy atom. The molecule has 0 aromatic heterocycles. The molecule has 17 heavy (non-hydrogen) atoms. The summed E-state index contributed by atoms with van der Waals surface area (Å²) in [5, 5.41) is 0. The molecule has 0 heterocycles. The third-order valence-corrected chi connectivity index (χ3v) is 3.78. The van der Waals surface area contributed by atoms with Crippen LogP contribution in [0.4, 0.5) is 0 Å². The Hall–Kier alpha value is -0.820. The van der Waals surface area contributed by atoms with Crippen LogP contribution in [0.2, 0.25) is 0 Å². The topological polar surface area (TPSA) is 26.0 Å². The van der Waals surface area contributed by atoms with Crippen molar-refractivity contribution in [3.8, 4) is 0 Å². The highest BCUT2D eigenvalue weighted by Gasteiger charge is 2.23. The molecule has 0 saturated heterocycles. The normalized spacial score (nSPS) is 14.6. The molecule has 0 saturated carbocycles. The zero-order valence-electron chi connectivity index (χ0n) is 11.8. The summed E-state index contributed by atoms with van der Waals surface area (Å²) in [5.41, 5.74) is 10.6. The fraction of sp³-hybridized carbons (Fsp3) is 0.625. The van der Waals surface area contributed by atoms with Crippen molar-refractivity contribution in [3.63, 3.8) is 0 Å². The summed E-state index contributed by atoms with van der Waals surface area (Å²) >= 11 is 0. The lowest BCUT2D eigenvalue weighted by Crippen LogP contribution is -2.41. The molecule has 0 amide bonds. The van der Waals surface area contributed by atoms with Gasteiger partial charge in [-0.3, -0.25) is 0 Å². The average Bonchev–Trinajstić information content (AvgIpc) is 2.31. The molecule has 1 atom stereocenters. The molecule has 96 valence electrons. The van der Waals surface area contributed by atoms with Crippen LogP contribution in [0.5, 0.6) is 0 Å². The van der Waals surface area contributed by atoms with Crippen LogP contribution < -0.4 is 5.73 Å². The molecule has 2 N–H and O–H groups in total. The summed E-state index contributed by atoms with van der Waals surface area (Å²) in [6.45, 7) is 8.78. The standard InChI is InChI=1S/C16H27N/c1-5-7-10-16(17,6-2)12-15-11-13(3)8-9-14(15)4/h8-9,11H,5-7,10,12,17H2,1-4H3. The highest BCUT2D eigenvalue weighted by molar-refractivity contribution is 5.31. The SMILES string of the molecule is CCCCC(N)(CC)Cc1cc(C)ccc1C. The molecule has 1 rings (SSSR count). The van der Waals surface area contributed by atoms with Gasteiger partial charge in [-0.05, 0) is 44.2 Å². The van der Waals surface area contributed by atoms with Crippen molar-refractivity contribution in [2.45, 2.75) is 65.3 Å². The molecule has 0 radical (unpaired) electrons. The number of hydrogen-bond donors (Lipinski definition) is 1. The van der Waals surface area contributed by atoms with E-state index in [1.54, 1.807) is 0 Å². The largest absolute Gasteiger partial charge is 0.325 e. The van der Waals surface area contributed by atoms with E-state index >= 15 is 0 Å². The molecule has 0 spiro atoms. The van der Waals surface area contributed by atoms with Crippen molar-refractivity contribution in [2.75, 3.05) is 0 Å². The molecule has 0 aliphatic carbocycles. The second kappa shape index (κ2) is 6.20. The van der Waals surface area contributed by atoms with Crippen LogP contribution >= 0.6 is 0 Å². The Labute approximate surface area is 106 Å². The van der Waals surface area contributed by atoms with E-state index in [1.807, 2.05) is 0 Å². The number of nitrogens with two attached hydrogens (primary N) is 1. The Kier molecular flexibility index (Phi) is 5.20. The van der Waals surface area contributed by atoms with Crippen molar-refractivity contribution in [2.24, 2.45) is 5.73 Å². The second-order valence-corrected chi connectivity index (χ2v) is 5.43. The minimum absolute atomic E-state index is 0.0193. The average molecular weight is 233 g/mol. The predicted molar refractivity (Wildman–Crippen MR) is 76.4 cm³/mol. The Balaban J connectivity index is 2.82. The van der Waals surface area contributed by atoms with E-state index in [1.165, 1.54) is 29.5 Å². The number of aryl methyl sites for hydroxylation is 2. The van der Waals surface area contributed by atoms with E-state index < -0.39 is 0 Å². The third kappa shape index (κ3) is 4.16. The first-order chi connectivity index (χ1) is 8.00. The van der Waals surface area contributed by atoms with E-state index in [2.05, 4.69) is 45.9 Å². The smallest absolute Gasteiger partial charge is 0.0192 e. The molecule has 1 aromatic rings. The molecule has 1 heteroatoms. The van der Waals surface area contributed by atoms with Crippen LogP contribution in [0.15, 0.2) is 18.2 Å². The fourth-order valence-corrected chi connectivity index (χ4v) is 2.29. The fourth-order valence-electron chi connectivity index (χ4n) is 2.29. The van der Waals surface area contributed by atoms with Gasteiger partial charge in [-0.1, -0.05) is 50.5 Å². The lowest BCUT2D eigenvalue weighted by atomic mass is 9.83. The molecule has 0 bridgehead atoms. The van der Waals surface area contributed by atoms with Gasteiger partial charge in [-0.25, -0.2) is 0 Å². The van der Waals surface area contributed by atoms with Gasteiger partial charge in [0.15, 0.2) is 0 Å². The summed E-state index contributed by atoms with van der Waals surface area (Å²) in [5.74, 6) is 0. The maximum atomic E-state index is 6.53. The minimum Gasteiger partial charge on any atom is -0.325 e. The van der Waals surface area contributed by atoms with Crippen LogP contribution in [-0.2, 0) is 6.42 Å². The van der Waals surface area contributed by atoms with Crippen LogP contribution in [0.25, 0.3) is 0 Å². The highest BCUT2D eigenvalue weighted by atomic mass is 14.7. The Morgan fingerprint density at radius 2 is 1.88 bits per heavy atom.